The number of nitrogens with two attached hydrogens (primary N) is 1. The molecule has 2 aromatic heterocycles. The number of anilines is 1. The second kappa shape index (κ2) is 8.60. The number of rotatable bonds is 5. The van der Waals surface area contributed by atoms with E-state index in [1.807, 2.05) is 17.5 Å². The SMILES string of the molecule is I.NC(=Nc1ccc(NC(=O)Cc2ccno2)cc1)c1cccs1. The first-order chi connectivity index (χ1) is 11.2. The minimum absolute atomic E-state index is 0. The maximum Gasteiger partial charge on any atom is 0.232 e. The summed E-state index contributed by atoms with van der Waals surface area (Å²) in [4.78, 5) is 17.1. The van der Waals surface area contributed by atoms with E-state index >= 15 is 0 Å². The summed E-state index contributed by atoms with van der Waals surface area (Å²) in [5, 5.41) is 8.29. The minimum Gasteiger partial charge on any atom is -0.383 e. The number of benzene rings is 1. The van der Waals surface area contributed by atoms with Crippen LogP contribution in [0, 0.1) is 0 Å². The molecule has 8 heteroatoms. The van der Waals surface area contributed by atoms with Crippen molar-refractivity contribution in [1.29, 1.82) is 0 Å². The van der Waals surface area contributed by atoms with Crippen LogP contribution >= 0.6 is 35.3 Å². The molecule has 0 radical (unpaired) electrons. The standard InChI is InChI=1S/C16H14N4O2S.HI/c17-16(14-2-1-9-23-14)20-12-5-3-11(4-6-12)19-15(21)10-13-7-8-18-22-13;/h1-9H,10H2,(H2,17,20)(H,19,21);1H. The van der Waals surface area contributed by atoms with Gasteiger partial charge in [-0.1, -0.05) is 11.2 Å². The zero-order valence-electron chi connectivity index (χ0n) is 12.5. The van der Waals surface area contributed by atoms with Gasteiger partial charge in [0.05, 0.1) is 23.2 Å². The maximum absolute atomic E-state index is 11.9. The van der Waals surface area contributed by atoms with Crippen molar-refractivity contribution in [2.45, 2.75) is 6.42 Å². The van der Waals surface area contributed by atoms with Crippen LogP contribution in [0.3, 0.4) is 0 Å². The van der Waals surface area contributed by atoms with Crippen LogP contribution < -0.4 is 11.1 Å². The first-order valence-electron chi connectivity index (χ1n) is 6.88. The van der Waals surface area contributed by atoms with Gasteiger partial charge in [0, 0.05) is 11.8 Å². The topological polar surface area (TPSA) is 93.5 Å². The normalized spacial score (nSPS) is 10.9. The second-order valence-electron chi connectivity index (χ2n) is 4.72. The Morgan fingerprint density at radius 2 is 2.04 bits per heavy atom. The van der Waals surface area contributed by atoms with E-state index in [0.29, 0.717) is 17.3 Å². The van der Waals surface area contributed by atoms with Crippen molar-refractivity contribution in [3.8, 4) is 0 Å². The molecule has 6 nitrogen and oxygen atoms in total. The summed E-state index contributed by atoms with van der Waals surface area (Å²) in [5.74, 6) is 0.825. The highest BCUT2D eigenvalue weighted by atomic mass is 127. The van der Waals surface area contributed by atoms with E-state index in [-0.39, 0.29) is 36.3 Å². The fourth-order valence-electron chi connectivity index (χ4n) is 1.93. The van der Waals surface area contributed by atoms with E-state index in [0.717, 1.165) is 10.6 Å². The molecule has 3 rings (SSSR count). The van der Waals surface area contributed by atoms with Gasteiger partial charge in [0.15, 0.2) is 0 Å². The number of amides is 1. The Hall–Kier alpha value is -2.20. The summed E-state index contributed by atoms with van der Waals surface area (Å²) < 4.78 is 4.90. The number of carbonyl (C=O) groups is 1. The molecule has 0 unspecified atom stereocenters. The van der Waals surface area contributed by atoms with Crippen molar-refractivity contribution < 1.29 is 9.32 Å². The predicted molar refractivity (Wildman–Crippen MR) is 105 cm³/mol. The summed E-state index contributed by atoms with van der Waals surface area (Å²) in [6.07, 6.45) is 1.65. The lowest BCUT2D eigenvalue weighted by atomic mass is 10.2. The Bertz CT molecular complexity index is 799. The number of thiophene rings is 1. The number of hydrogen-bond acceptors (Lipinski definition) is 5. The number of amidine groups is 1. The monoisotopic (exact) mass is 454 g/mol. The van der Waals surface area contributed by atoms with Gasteiger partial charge in [-0.05, 0) is 35.7 Å². The van der Waals surface area contributed by atoms with Crippen LogP contribution in [0.25, 0.3) is 0 Å². The zero-order valence-corrected chi connectivity index (χ0v) is 15.7. The summed E-state index contributed by atoms with van der Waals surface area (Å²) >= 11 is 1.54. The Kier molecular flexibility index (Phi) is 6.50. The third kappa shape index (κ3) is 4.90. The van der Waals surface area contributed by atoms with Gasteiger partial charge in [0.1, 0.15) is 11.6 Å². The third-order valence-electron chi connectivity index (χ3n) is 3.00. The molecule has 1 aromatic carbocycles. The number of hydrogen-bond donors (Lipinski definition) is 2. The maximum atomic E-state index is 11.9. The molecule has 0 fully saturated rings. The number of halogens is 1. The van der Waals surface area contributed by atoms with Crippen LogP contribution in [0.5, 0.6) is 0 Å². The highest BCUT2D eigenvalue weighted by molar-refractivity contribution is 14.0. The quantitative estimate of drug-likeness (QED) is 0.350. The van der Waals surface area contributed by atoms with Crippen molar-refractivity contribution in [1.82, 2.24) is 5.16 Å². The zero-order chi connectivity index (χ0) is 16.1. The van der Waals surface area contributed by atoms with Gasteiger partial charge in [-0.2, -0.15) is 0 Å². The molecule has 24 heavy (non-hydrogen) atoms. The number of aromatic nitrogens is 1. The van der Waals surface area contributed by atoms with Gasteiger partial charge in [-0.15, -0.1) is 35.3 Å². The van der Waals surface area contributed by atoms with Gasteiger partial charge in [-0.3, -0.25) is 4.79 Å². The van der Waals surface area contributed by atoms with Gasteiger partial charge >= 0.3 is 0 Å². The van der Waals surface area contributed by atoms with Crippen molar-refractivity contribution >= 4 is 58.4 Å². The minimum atomic E-state index is -0.170. The Balaban J connectivity index is 0.00000208. The van der Waals surface area contributed by atoms with Crippen LogP contribution in [0.2, 0.25) is 0 Å². The lowest BCUT2D eigenvalue weighted by Crippen LogP contribution is -2.13. The molecule has 0 saturated heterocycles. The van der Waals surface area contributed by atoms with E-state index in [9.17, 15) is 4.79 Å². The van der Waals surface area contributed by atoms with Gasteiger partial charge < -0.3 is 15.6 Å². The molecule has 3 aromatic rings. The molecule has 124 valence electrons. The van der Waals surface area contributed by atoms with Gasteiger partial charge in [0.25, 0.3) is 0 Å². The molecular weight excluding hydrogens is 439 g/mol. The largest absolute Gasteiger partial charge is 0.383 e. The number of aliphatic imine (C=N–C) groups is 1. The Labute approximate surface area is 159 Å². The van der Waals surface area contributed by atoms with E-state index in [2.05, 4.69) is 15.5 Å². The molecule has 1 amide bonds. The third-order valence-corrected chi connectivity index (χ3v) is 3.89. The van der Waals surface area contributed by atoms with Crippen LogP contribution in [0.15, 0.2) is 63.6 Å². The summed E-state index contributed by atoms with van der Waals surface area (Å²) in [6.45, 7) is 0. The summed E-state index contributed by atoms with van der Waals surface area (Å²) in [7, 11) is 0. The summed E-state index contributed by atoms with van der Waals surface area (Å²) in [6, 6.07) is 12.6. The van der Waals surface area contributed by atoms with Crippen molar-refractivity contribution in [2.24, 2.45) is 10.7 Å². The number of carbonyl (C=O) groups excluding carboxylic acids is 1. The fraction of sp³-hybridized carbons (Fsp3) is 0.0625. The van der Waals surface area contributed by atoms with E-state index in [4.69, 9.17) is 10.3 Å². The second-order valence-corrected chi connectivity index (χ2v) is 5.67. The fourth-order valence-corrected chi connectivity index (χ4v) is 2.56. The smallest absolute Gasteiger partial charge is 0.232 e. The number of nitrogens with zero attached hydrogens (tertiary/aromatic N) is 2. The Morgan fingerprint density at radius 1 is 1.25 bits per heavy atom. The predicted octanol–water partition coefficient (Wildman–Crippen LogP) is 3.57. The van der Waals surface area contributed by atoms with E-state index in [1.165, 1.54) is 17.5 Å². The molecule has 0 aliphatic rings. The molecule has 0 aliphatic heterocycles. The Morgan fingerprint density at radius 3 is 2.67 bits per heavy atom. The lowest BCUT2D eigenvalue weighted by molar-refractivity contribution is -0.115. The van der Waals surface area contributed by atoms with Crippen LogP contribution in [0.4, 0.5) is 11.4 Å². The first kappa shape index (κ1) is 18.1. The average molecular weight is 454 g/mol. The van der Waals surface area contributed by atoms with Crippen molar-refractivity contribution in [3.05, 3.63) is 64.7 Å². The first-order valence-corrected chi connectivity index (χ1v) is 7.76. The van der Waals surface area contributed by atoms with Gasteiger partial charge in [0.2, 0.25) is 5.91 Å². The lowest BCUT2D eigenvalue weighted by Gasteiger charge is -2.04. The highest BCUT2D eigenvalue weighted by Crippen LogP contribution is 2.18. The molecule has 2 heterocycles. The highest BCUT2D eigenvalue weighted by Gasteiger charge is 2.07. The molecule has 0 bridgehead atoms. The molecule has 0 spiro atoms. The molecule has 0 aliphatic carbocycles. The molecule has 3 N–H and O–H groups in total. The molecule has 0 saturated carbocycles. The van der Waals surface area contributed by atoms with Crippen LogP contribution in [-0.2, 0) is 11.2 Å². The van der Waals surface area contributed by atoms with E-state index < -0.39 is 0 Å². The molecule has 0 atom stereocenters. The number of nitrogens with one attached hydrogen (secondary N) is 1. The van der Waals surface area contributed by atoms with Crippen molar-refractivity contribution in [3.63, 3.8) is 0 Å². The van der Waals surface area contributed by atoms with Gasteiger partial charge in [-0.25, -0.2) is 4.99 Å². The average Bonchev–Trinajstić information content (AvgIpc) is 3.22. The summed E-state index contributed by atoms with van der Waals surface area (Å²) in [5.41, 5.74) is 7.35. The van der Waals surface area contributed by atoms with Crippen LogP contribution in [-0.4, -0.2) is 16.9 Å². The van der Waals surface area contributed by atoms with Crippen LogP contribution in [0.1, 0.15) is 10.6 Å². The van der Waals surface area contributed by atoms with E-state index in [1.54, 1.807) is 30.3 Å². The van der Waals surface area contributed by atoms with Crippen molar-refractivity contribution in [2.75, 3.05) is 5.32 Å². The molecular formula is C16H15IN4O2S.